The lowest BCUT2D eigenvalue weighted by Crippen LogP contribution is -2.44. The highest BCUT2D eigenvalue weighted by Crippen LogP contribution is 2.24. The maximum atomic E-state index is 9.39. The molecule has 2 rings (SSSR count). The van der Waals surface area contributed by atoms with E-state index < -0.39 is 7.12 Å². The first-order valence-corrected chi connectivity index (χ1v) is 6.77. The van der Waals surface area contributed by atoms with Crippen LogP contribution < -0.4 is 5.46 Å². The van der Waals surface area contributed by atoms with Gasteiger partial charge in [0.05, 0.1) is 0 Å². The Bertz CT molecular complexity index is 397. The maximum absolute atomic E-state index is 9.39. The van der Waals surface area contributed by atoms with Gasteiger partial charge in [0.15, 0.2) is 0 Å². The number of rotatable bonds is 3. The van der Waals surface area contributed by atoms with Crippen molar-refractivity contribution in [2.75, 3.05) is 6.54 Å². The van der Waals surface area contributed by atoms with Crippen LogP contribution in [0.3, 0.4) is 0 Å². The van der Waals surface area contributed by atoms with Gasteiger partial charge >= 0.3 is 7.12 Å². The molecule has 1 saturated heterocycles. The van der Waals surface area contributed by atoms with E-state index in [1.54, 1.807) is 6.07 Å². The lowest BCUT2D eigenvalue weighted by molar-refractivity contribution is 0.107. The van der Waals surface area contributed by atoms with Crippen LogP contribution in [0.1, 0.15) is 32.3 Å². The third-order valence-corrected chi connectivity index (χ3v) is 4.21. The van der Waals surface area contributed by atoms with E-state index in [2.05, 4.69) is 18.7 Å². The van der Waals surface area contributed by atoms with Gasteiger partial charge in [0, 0.05) is 12.6 Å². The van der Waals surface area contributed by atoms with Gasteiger partial charge in [0.2, 0.25) is 0 Å². The quantitative estimate of drug-likeness (QED) is 0.783. The largest absolute Gasteiger partial charge is 0.488 e. The van der Waals surface area contributed by atoms with Crippen LogP contribution >= 0.6 is 0 Å². The van der Waals surface area contributed by atoms with E-state index >= 15 is 0 Å². The fourth-order valence-corrected chi connectivity index (χ4v) is 2.79. The molecule has 1 heterocycles. The monoisotopic (exact) mass is 247 g/mol. The summed E-state index contributed by atoms with van der Waals surface area (Å²) >= 11 is 0. The molecule has 0 bridgehead atoms. The minimum absolute atomic E-state index is 0.558. The summed E-state index contributed by atoms with van der Waals surface area (Å²) in [5.41, 5.74) is 1.65. The van der Waals surface area contributed by atoms with Crippen molar-refractivity contribution in [1.82, 2.24) is 4.90 Å². The summed E-state index contributed by atoms with van der Waals surface area (Å²) in [6.07, 6.45) is 2.53. The van der Waals surface area contributed by atoms with Gasteiger partial charge in [-0.1, -0.05) is 31.2 Å². The number of hydrogen-bond donors (Lipinski definition) is 2. The standard InChI is InChI=1S/C14H22BNO2/c1-11-6-5-9-16(12(11)2)10-13-7-3-4-8-14(13)15(17)18/h3-4,7-8,11-12,17-18H,5-6,9-10H2,1-2H3. The minimum atomic E-state index is -1.38. The smallest absolute Gasteiger partial charge is 0.423 e. The van der Waals surface area contributed by atoms with Crippen molar-refractivity contribution in [3.63, 3.8) is 0 Å². The molecule has 3 nitrogen and oxygen atoms in total. The lowest BCUT2D eigenvalue weighted by Gasteiger charge is -2.38. The van der Waals surface area contributed by atoms with Crippen LogP contribution in [0, 0.1) is 5.92 Å². The third kappa shape index (κ3) is 2.94. The van der Waals surface area contributed by atoms with Gasteiger partial charge in [-0.05, 0) is 43.3 Å². The first-order valence-electron chi connectivity index (χ1n) is 6.77. The van der Waals surface area contributed by atoms with Gasteiger partial charge in [-0.25, -0.2) is 0 Å². The summed E-state index contributed by atoms with van der Waals surface area (Å²) in [6, 6.07) is 8.14. The molecular weight excluding hydrogens is 225 g/mol. The Labute approximate surface area is 110 Å². The van der Waals surface area contributed by atoms with Gasteiger partial charge in [0.1, 0.15) is 0 Å². The predicted molar refractivity (Wildman–Crippen MR) is 74.5 cm³/mol. The molecule has 0 spiro atoms. The summed E-state index contributed by atoms with van der Waals surface area (Å²) in [4.78, 5) is 2.44. The average molecular weight is 247 g/mol. The van der Waals surface area contributed by atoms with Gasteiger partial charge in [-0.2, -0.15) is 0 Å². The fourth-order valence-electron chi connectivity index (χ4n) is 2.79. The van der Waals surface area contributed by atoms with Crippen LogP contribution in [0.5, 0.6) is 0 Å². The molecule has 1 aromatic rings. The Kier molecular flexibility index (Phi) is 4.43. The molecule has 2 unspecified atom stereocenters. The first-order chi connectivity index (χ1) is 8.59. The molecule has 2 atom stereocenters. The van der Waals surface area contributed by atoms with E-state index in [1.165, 1.54) is 12.8 Å². The Morgan fingerprint density at radius 2 is 2.00 bits per heavy atom. The van der Waals surface area contributed by atoms with Crippen LogP contribution in [-0.4, -0.2) is 34.7 Å². The molecule has 1 fully saturated rings. The van der Waals surface area contributed by atoms with E-state index in [0.29, 0.717) is 17.4 Å². The third-order valence-electron chi connectivity index (χ3n) is 4.21. The fraction of sp³-hybridized carbons (Fsp3) is 0.571. The number of benzene rings is 1. The van der Waals surface area contributed by atoms with E-state index in [4.69, 9.17) is 0 Å². The molecule has 0 radical (unpaired) electrons. The van der Waals surface area contributed by atoms with E-state index in [1.807, 2.05) is 18.2 Å². The number of piperidine rings is 1. The van der Waals surface area contributed by atoms with E-state index in [0.717, 1.165) is 18.7 Å². The highest BCUT2D eigenvalue weighted by Gasteiger charge is 2.26. The molecule has 1 aliphatic rings. The molecule has 0 amide bonds. The SMILES string of the molecule is CC1CCCN(Cc2ccccc2B(O)O)C1C. The van der Waals surface area contributed by atoms with Crippen LogP contribution in [0.4, 0.5) is 0 Å². The number of likely N-dealkylation sites (tertiary alicyclic amines) is 1. The zero-order chi connectivity index (χ0) is 13.1. The van der Waals surface area contributed by atoms with Gasteiger partial charge in [-0.15, -0.1) is 0 Å². The van der Waals surface area contributed by atoms with E-state index in [-0.39, 0.29) is 0 Å². The summed E-state index contributed by atoms with van der Waals surface area (Å²) in [7, 11) is -1.38. The number of hydrogen-bond acceptors (Lipinski definition) is 3. The second kappa shape index (κ2) is 5.87. The van der Waals surface area contributed by atoms with Gasteiger partial charge in [-0.3, -0.25) is 4.90 Å². The molecular formula is C14H22BNO2. The van der Waals surface area contributed by atoms with Crippen molar-refractivity contribution in [1.29, 1.82) is 0 Å². The average Bonchev–Trinajstić information content (AvgIpc) is 2.35. The van der Waals surface area contributed by atoms with Crippen molar-refractivity contribution in [2.45, 2.75) is 39.3 Å². The molecule has 18 heavy (non-hydrogen) atoms. The Morgan fingerprint density at radius 3 is 2.72 bits per heavy atom. The molecule has 2 N–H and O–H groups in total. The molecule has 1 aliphatic heterocycles. The molecule has 0 saturated carbocycles. The van der Waals surface area contributed by atoms with Crippen LogP contribution in [-0.2, 0) is 6.54 Å². The zero-order valence-corrected chi connectivity index (χ0v) is 11.2. The predicted octanol–water partition coefficient (Wildman–Crippen LogP) is 0.987. The van der Waals surface area contributed by atoms with Crippen LogP contribution in [0.15, 0.2) is 24.3 Å². The normalized spacial score (nSPS) is 25.1. The van der Waals surface area contributed by atoms with Crippen molar-refractivity contribution in [2.24, 2.45) is 5.92 Å². The Hall–Kier alpha value is -0.835. The molecule has 0 aromatic heterocycles. The Morgan fingerprint density at radius 1 is 1.28 bits per heavy atom. The first kappa shape index (κ1) is 13.6. The summed E-state index contributed by atoms with van der Waals surface area (Å²) in [5.74, 6) is 0.713. The highest BCUT2D eigenvalue weighted by molar-refractivity contribution is 6.59. The Balaban J connectivity index is 2.13. The van der Waals surface area contributed by atoms with Gasteiger partial charge in [0.25, 0.3) is 0 Å². The van der Waals surface area contributed by atoms with Crippen LogP contribution in [0.2, 0.25) is 0 Å². The molecule has 98 valence electrons. The molecule has 0 aliphatic carbocycles. The van der Waals surface area contributed by atoms with Crippen molar-refractivity contribution >= 4 is 12.6 Å². The maximum Gasteiger partial charge on any atom is 0.488 e. The summed E-state index contributed by atoms with van der Waals surface area (Å²) in [5, 5.41) is 18.8. The number of nitrogens with zero attached hydrogens (tertiary/aromatic N) is 1. The van der Waals surface area contributed by atoms with Crippen molar-refractivity contribution in [3.8, 4) is 0 Å². The zero-order valence-electron chi connectivity index (χ0n) is 11.2. The van der Waals surface area contributed by atoms with E-state index in [9.17, 15) is 10.0 Å². The molecule has 4 heteroatoms. The molecule has 1 aromatic carbocycles. The second-order valence-corrected chi connectivity index (χ2v) is 5.40. The summed E-state index contributed by atoms with van der Waals surface area (Å²) in [6.45, 7) is 6.46. The van der Waals surface area contributed by atoms with Crippen LogP contribution in [0.25, 0.3) is 0 Å². The second-order valence-electron chi connectivity index (χ2n) is 5.40. The topological polar surface area (TPSA) is 43.7 Å². The van der Waals surface area contributed by atoms with Crippen molar-refractivity contribution in [3.05, 3.63) is 29.8 Å². The minimum Gasteiger partial charge on any atom is -0.423 e. The van der Waals surface area contributed by atoms with Crippen molar-refractivity contribution < 1.29 is 10.0 Å². The summed E-state index contributed by atoms with van der Waals surface area (Å²) < 4.78 is 0. The van der Waals surface area contributed by atoms with Gasteiger partial charge < -0.3 is 10.0 Å². The highest BCUT2D eigenvalue weighted by atomic mass is 16.4. The lowest BCUT2D eigenvalue weighted by atomic mass is 9.76.